The Morgan fingerprint density at radius 2 is 1.90 bits per heavy atom. The predicted octanol–water partition coefficient (Wildman–Crippen LogP) is 3.16. The highest BCUT2D eigenvalue weighted by Gasteiger charge is 2.23. The maximum absolute atomic E-state index is 12.4. The number of hydrogen-bond donors (Lipinski definition) is 2. The van der Waals surface area contributed by atoms with Crippen molar-refractivity contribution in [2.24, 2.45) is 0 Å². The molecule has 0 radical (unpaired) electrons. The fourth-order valence-electron chi connectivity index (χ4n) is 2.53. The van der Waals surface area contributed by atoms with Crippen LogP contribution in [-0.4, -0.2) is 21.6 Å². The lowest BCUT2D eigenvalue weighted by atomic mass is 9.93. The van der Waals surface area contributed by atoms with Gasteiger partial charge in [0.2, 0.25) is 0 Å². The highest BCUT2D eigenvalue weighted by molar-refractivity contribution is 6.07. The van der Waals surface area contributed by atoms with Gasteiger partial charge in [-0.2, -0.15) is 0 Å². The average molecular weight is 284 g/mol. The maximum atomic E-state index is 12.4. The zero-order valence-electron chi connectivity index (χ0n) is 11.5. The molecule has 1 amide bonds. The summed E-state index contributed by atoms with van der Waals surface area (Å²) in [5.41, 5.74) is 0.976. The second kappa shape index (κ2) is 5.44. The van der Waals surface area contributed by atoms with Crippen LogP contribution >= 0.6 is 0 Å². The molecule has 0 unspecified atom stereocenters. The third-order valence-electron chi connectivity index (χ3n) is 3.89. The third kappa shape index (κ3) is 2.54. The van der Waals surface area contributed by atoms with Gasteiger partial charge in [0.1, 0.15) is 5.69 Å². The summed E-state index contributed by atoms with van der Waals surface area (Å²) in [6.07, 6.45) is 5.26. The SMILES string of the molecule is O=C(O)c1ccccc1NC(=O)c1cccn1C1CCC1. The number of para-hydroxylation sites is 1. The summed E-state index contributed by atoms with van der Waals surface area (Å²) in [5, 5.41) is 11.8. The predicted molar refractivity (Wildman–Crippen MR) is 78.7 cm³/mol. The molecule has 1 heterocycles. The molecule has 1 saturated carbocycles. The smallest absolute Gasteiger partial charge is 0.337 e. The van der Waals surface area contributed by atoms with Crippen LogP contribution in [-0.2, 0) is 0 Å². The molecule has 2 N–H and O–H groups in total. The average Bonchev–Trinajstić information content (AvgIpc) is 2.86. The highest BCUT2D eigenvalue weighted by Crippen LogP contribution is 2.32. The Kier molecular flexibility index (Phi) is 3.48. The number of amides is 1. The molecule has 108 valence electrons. The van der Waals surface area contributed by atoms with Crippen molar-refractivity contribution in [1.29, 1.82) is 0 Å². The van der Waals surface area contributed by atoms with E-state index in [2.05, 4.69) is 5.32 Å². The van der Waals surface area contributed by atoms with Gasteiger partial charge >= 0.3 is 5.97 Å². The molecule has 0 spiro atoms. The number of rotatable bonds is 4. The number of carboxylic acid groups (broad SMARTS) is 1. The summed E-state index contributed by atoms with van der Waals surface area (Å²) in [6.45, 7) is 0. The Labute approximate surface area is 122 Å². The Morgan fingerprint density at radius 3 is 2.57 bits per heavy atom. The molecule has 3 rings (SSSR count). The first-order chi connectivity index (χ1) is 10.2. The van der Waals surface area contributed by atoms with E-state index >= 15 is 0 Å². The number of aromatic nitrogens is 1. The number of anilines is 1. The van der Waals surface area contributed by atoms with Crippen molar-refractivity contribution in [2.75, 3.05) is 5.32 Å². The molecule has 1 aliphatic rings. The van der Waals surface area contributed by atoms with Gasteiger partial charge in [-0.1, -0.05) is 12.1 Å². The topological polar surface area (TPSA) is 71.3 Å². The molecule has 1 aromatic heterocycles. The van der Waals surface area contributed by atoms with Crippen LogP contribution in [0.3, 0.4) is 0 Å². The van der Waals surface area contributed by atoms with Gasteiger partial charge in [0.05, 0.1) is 11.3 Å². The molecule has 1 aromatic carbocycles. The number of hydrogen-bond acceptors (Lipinski definition) is 2. The van der Waals surface area contributed by atoms with Gasteiger partial charge in [0.25, 0.3) is 5.91 Å². The first-order valence-corrected chi connectivity index (χ1v) is 6.97. The van der Waals surface area contributed by atoms with Crippen LogP contribution in [0.4, 0.5) is 5.69 Å². The van der Waals surface area contributed by atoms with Crippen LogP contribution in [0.1, 0.15) is 46.2 Å². The Bertz CT molecular complexity index is 686. The molecular weight excluding hydrogens is 268 g/mol. The second-order valence-electron chi connectivity index (χ2n) is 5.19. The number of carbonyl (C=O) groups is 2. The van der Waals surface area contributed by atoms with Crippen molar-refractivity contribution in [2.45, 2.75) is 25.3 Å². The zero-order chi connectivity index (χ0) is 14.8. The van der Waals surface area contributed by atoms with E-state index in [1.165, 1.54) is 12.5 Å². The summed E-state index contributed by atoms with van der Waals surface area (Å²) < 4.78 is 1.97. The fraction of sp³-hybridized carbons (Fsp3) is 0.250. The van der Waals surface area contributed by atoms with Crippen molar-refractivity contribution < 1.29 is 14.7 Å². The number of nitrogens with one attached hydrogen (secondary N) is 1. The van der Waals surface area contributed by atoms with Crippen molar-refractivity contribution in [3.63, 3.8) is 0 Å². The Morgan fingerprint density at radius 1 is 1.14 bits per heavy atom. The summed E-state index contributed by atoms with van der Waals surface area (Å²) in [6, 6.07) is 10.4. The van der Waals surface area contributed by atoms with Crippen LogP contribution in [0.2, 0.25) is 0 Å². The van der Waals surface area contributed by atoms with Crippen LogP contribution in [0.15, 0.2) is 42.6 Å². The van der Waals surface area contributed by atoms with Gasteiger partial charge in [-0.15, -0.1) is 0 Å². The van der Waals surface area contributed by atoms with E-state index in [0.717, 1.165) is 12.8 Å². The van der Waals surface area contributed by atoms with E-state index in [-0.39, 0.29) is 11.5 Å². The van der Waals surface area contributed by atoms with E-state index in [4.69, 9.17) is 5.11 Å². The third-order valence-corrected chi connectivity index (χ3v) is 3.89. The molecule has 5 nitrogen and oxygen atoms in total. The second-order valence-corrected chi connectivity index (χ2v) is 5.19. The van der Waals surface area contributed by atoms with Gasteiger partial charge in [-0.3, -0.25) is 4.79 Å². The number of benzene rings is 1. The lowest BCUT2D eigenvalue weighted by Gasteiger charge is -2.28. The molecule has 1 fully saturated rings. The van der Waals surface area contributed by atoms with Gasteiger partial charge in [0, 0.05) is 12.2 Å². The van der Waals surface area contributed by atoms with E-state index in [1.807, 2.05) is 16.8 Å². The van der Waals surface area contributed by atoms with Crippen molar-refractivity contribution in [1.82, 2.24) is 4.57 Å². The monoisotopic (exact) mass is 284 g/mol. The minimum Gasteiger partial charge on any atom is -0.478 e. The van der Waals surface area contributed by atoms with Crippen molar-refractivity contribution in [3.8, 4) is 0 Å². The number of nitrogens with zero attached hydrogens (tertiary/aromatic N) is 1. The fourth-order valence-corrected chi connectivity index (χ4v) is 2.53. The molecule has 5 heteroatoms. The summed E-state index contributed by atoms with van der Waals surface area (Å²) in [7, 11) is 0. The molecule has 1 aliphatic carbocycles. The van der Waals surface area contributed by atoms with Crippen LogP contribution in [0.5, 0.6) is 0 Å². The summed E-state index contributed by atoms with van der Waals surface area (Å²) >= 11 is 0. The molecule has 0 atom stereocenters. The van der Waals surface area contributed by atoms with Gasteiger partial charge < -0.3 is 15.0 Å². The molecule has 2 aromatic rings. The van der Waals surface area contributed by atoms with Crippen molar-refractivity contribution in [3.05, 3.63) is 53.9 Å². The summed E-state index contributed by atoms with van der Waals surface area (Å²) in [5.74, 6) is -1.33. The molecule has 0 aliphatic heterocycles. The highest BCUT2D eigenvalue weighted by atomic mass is 16.4. The standard InChI is InChI=1S/C16H16N2O3/c19-15(14-9-4-10-18(14)11-5-3-6-11)17-13-8-2-1-7-12(13)16(20)21/h1-2,4,7-11H,3,5-6H2,(H,17,19)(H,20,21). The Balaban J connectivity index is 1.84. The molecule has 0 saturated heterocycles. The maximum Gasteiger partial charge on any atom is 0.337 e. The molecule has 21 heavy (non-hydrogen) atoms. The minimum atomic E-state index is -1.06. The van der Waals surface area contributed by atoms with E-state index in [9.17, 15) is 9.59 Å². The first kappa shape index (κ1) is 13.4. The van der Waals surface area contributed by atoms with Gasteiger partial charge in [-0.05, 0) is 43.5 Å². The van der Waals surface area contributed by atoms with Crippen LogP contribution in [0, 0.1) is 0 Å². The zero-order valence-corrected chi connectivity index (χ0v) is 11.5. The van der Waals surface area contributed by atoms with Gasteiger partial charge in [-0.25, -0.2) is 4.79 Å². The van der Waals surface area contributed by atoms with E-state index < -0.39 is 5.97 Å². The van der Waals surface area contributed by atoms with Crippen molar-refractivity contribution >= 4 is 17.6 Å². The molecular formula is C16H16N2O3. The van der Waals surface area contributed by atoms with Crippen LogP contribution < -0.4 is 5.32 Å². The van der Waals surface area contributed by atoms with Crippen LogP contribution in [0.25, 0.3) is 0 Å². The number of carboxylic acids is 1. The quantitative estimate of drug-likeness (QED) is 0.905. The normalized spacial score (nSPS) is 14.5. The summed E-state index contributed by atoms with van der Waals surface area (Å²) in [4.78, 5) is 23.6. The number of carbonyl (C=O) groups excluding carboxylic acids is 1. The lowest BCUT2D eigenvalue weighted by Crippen LogP contribution is -2.24. The van der Waals surface area contributed by atoms with E-state index in [0.29, 0.717) is 17.4 Å². The van der Waals surface area contributed by atoms with E-state index in [1.54, 1.807) is 24.3 Å². The largest absolute Gasteiger partial charge is 0.478 e. The minimum absolute atomic E-state index is 0.0904. The Hall–Kier alpha value is -2.56. The first-order valence-electron chi connectivity index (χ1n) is 6.97. The van der Waals surface area contributed by atoms with Gasteiger partial charge in [0.15, 0.2) is 0 Å². The molecule has 0 bridgehead atoms. The lowest BCUT2D eigenvalue weighted by molar-refractivity contribution is 0.0698. The number of aromatic carboxylic acids is 1.